The predicted molar refractivity (Wildman–Crippen MR) is 43.4 cm³/mol. The molecule has 89 valence electrons. The molecule has 0 fully saturated rings. The summed E-state index contributed by atoms with van der Waals surface area (Å²) in [6.07, 6.45) is 4.74. The third kappa shape index (κ3) is 73.0. The van der Waals surface area contributed by atoms with E-state index in [2.05, 4.69) is 24.7 Å². The number of hydrogen-bond donors (Lipinski definition) is 1. The van der Waals surface area contributed by atoms with Crippen molar-refractivity contribution in [3.05, 3.63) is 39.2 Å². The van der Waals surface area contributed by atoms with Gasteiger partial charge in [-0.25, -0.2) is 0 Å². The van der Waals surface area contributed by atoms with Gasteiger partial charge in [0.05, 0.1) is 6.61 Å². The molecule has 0 aliphatic carbocycles. The molecule has 0 atom stereocenters. The Morgan fingerprint density at radius 2 is 1.56 bits per heavy atom. The third-order valence-corrected chi connectivity index (χ3v) is 0.616. The summed E-state index contributed by atoms with van der Waals surface area (Å²) in [4.78, 5) is 9.40. The fraction of sp³-hybridized carbons (Fsp3) is 0.222. The maximum Gasteiger partial charge on any atom is 0 e. The Morgan fingerprint density at radius 1 is 1.12 bits per heavy atom. The van der Waals surface area contributed by atoms with Crippen molar-refractivity contribution in [3.63, 3.8) is 0 Å². The van der Waals surface area contributed by atoms with Crippen molar-refractivity contribution in [1.29, 1.82) is 0 Å². The SMILES string of the molecule is O=[C-]OC[CH][CH][CH]CO.[C-]#[O+].[C-]#[O+].[C-]#[O+].[Fe]. The van der Waals surface area contributed by atoms with Gasteiger partial charge in [-0.3, -0.25) is 0 Å². The van der Waals surface area contributed by atoms with Crippen LogP contribution in [0.3, 0.4) is 0 Å². The predicted octanol–water partition coefficient (Wildman–Crippen LogP) is -0.440. The van der Waals surface area contributed by atoms with Gasteiger partial charge < -0.3 is 14.6 Å². The van der Waals surface area contributed by atoms with Crippen molar-refractivity contribution in [1.82, 2.24) is 0 Å². The molecule has 0 aromatic carbocycles. The van der Waals surface area contributed by atoms with E-state index in [1.165, 1.54) is 12.9 Å². The maximum absolute atomic E-state index is 9.40. The molecule has 0 bridgehead atoms. The van der Waals surface area contributed by atoms with Gasteiger partial charge in [-0.1, -0.05) is 6.47 Å². The van der Waals surface area contributed by atoms with Crippen molar-refractivity contribution in [2.75, 3.05) is 13.2 Å². The Balaban J connectivity index is -0.0000000498. The molecule has 16 heavy (non-hydrogen) atoms. The first-order valence-electron chi connectivity index (χ1n) is 3.11. The Morgan fingerprint density at radius 3 is 1.88 bits per heavy atom. The molecule has 0 aromatic rings. The van der Waals surface area contributed by atoms with Crippen LogP contribution in [-0.2, 0) is 40.6 Å². The molecule has 0 heterocycles. The molecule has 0 unspecified atom stereocenters. The number of ether oxygens (including phenoxy) is 1. The first kappa shape index (κ1) is 29.4. The molecule has 6 nitrogen and oxygen atoms in total. The Labute approximate surface area is 105 Å². The van der Waals surface area contributed by atoms with Crippen molar-refractivity contribution < 1.29 is 45.7 Å². The van der Waals surface area contributed by atoms with E-state index in [1.807, 2.05) is 0 Å². The van der Waals surface area contributed by atoms with Crippen LogP contribution in [0.1, 0.15) is 0 Å². The van der Waals surface area contributed by atoms with Gasteiger partial charge in [-0.15, -0.1) is 0 Å². The van der Waals surface area contributed by atoms with Crippen LogP contribution >= 0.6 is 0 Å². The molecule has 0 saturated carbocycles. The van der Waals surface area contributed by atoms with Gasteiger partial charge in [-0.2, -0.15) is 0 Å². The van der Waals surface area contributed by atoms with Gasteiger partial charge in [0.1, 0.15) is 0 Å². The smallest absolute Gasteiger partial charge is 0 e. The second-order valence-electron chi connectivity index (χ2n) is 1.24. The molecular weight excluding hydrogens is 260 g/mol. The quantitative estimate of drug-likeness (QED) is 0.305. The largest absolute Gasteiger partial charge is 0 e. The van der Waals surface area contributed by atoms with Crippen LogP contribution in [0.2, 0.25) is 0 Å². The Bertz CT molecular complexity index is 140. The van der Waals surface area contributed by atoms with Crippen LogP contribution in [0.25, 0.3) is 0 Å². The summed E-state index contributed by atoms with van der Waals surface area (Å²) in [5, 5.41) is 8.20. The Hall–Kier alpha value is -0.831. The summed E-state index contributed by atoms with van der Waals surface area (Å²) in [5.74, 6) is 0. The minimum absolute atomic E-state index is 0. The minimum Gasteiger partial charge on any atom is 0 e. The van der Waals surface area contributed by atoms with Crippen LogP contribution in [0.4, 0.5) is 0 Å². The second-order valence-corrected chi connectivity index (χ2v) is 1.24. The third-order valence-electron chi connectivity index (χ3n) is 0.616. The van der Waals surface area contributed by atoms with E-state index in [1.54, 1.807) is 12.8 Å². The topological polar surface area (TPSA) is 106 Å². The minimum atomic E-state index is 0. The summed E-state index contributed by atoms with van der Waals surface area (Å²) in [6.45, 7) is 15.0. The fourth-order valence-electron chi connectivity index (χ4n) is 0.295. The van der Waals surface area contributed by atoms with E-state index >= 15 is 0 Å². The van der Waals surface area contributed by atoms with Crippen molar-refractivity contribution >= 4 is 6.47 Å². The van der Waals surface area contributed by atoms with Crippen molar-refractivity contribution in [2.45, 2.75) is 0 Å². The van der Waals surface area contributed by atoms with E-state index in [-0.39, 0.29) is 30.3 Å². The number of aliphatic hydroxyl groups is 1. The number of unbranched alkanes of at least 4 members (excludes halogenated alkanes) is 2. The zero-order chi connectivity index (χ0) is 12.9. The monoisotopic (exact) mass is 268 g/mol. The molecule has 1 N–H and O–H groups in total. The van der Waals surface area contributed by atoms with Crippen LogP contribution in [-0.4, -0.2) is 24.8 Å². The first-order chi connectivity index (χ1) is 7.41. The first-order valence-corrected chi connectivity index (χ1v) is 3.11. The molecule has 0 aliphatic rings. The van der Waals surface area contributed by atoms with Crippen LogP contribution in [0.5, 0.6) is 0 Å². The zero-order valence-electron chi connectivity index (χ0n) is 7.99. The van der Waals surface area contributed by atoms with Gasteiger partial charge in [0.25, 0.3) is 0 Å². The van der Waals surface area contributed by atoms with Gasteiger partial charge >= 0.3 is 33.9 Å². The maximum atomic E-state index is 9.40. The van der Waals surface area contributed by atoms with Crippen LogP contribution < -0.4 is 0 Å². The van der Waals surface area contributed by atoms with E-state index in [4.69, 9.17) is 19.1 Å². The molecule has 0 amide bonds. The van der Waals surface area contributed by atoms with Gasteiger partial charge in [-0.05, 0) is 19.3 Å². The summed E-state index contributed by atoms with van der Waals surface area (Å²) in [7, 11) is 0. The van der Waals surface area contributed by atoms with E-state index in [0.29, 0.717) is 0 Å². The molecule has 0 spiro atoms. The summed E-state index contributed by atoms with van der Waals surface area (Å²) in [5.41, 5.74) is 0. The molecule has 0 rings (SSSR count). The second kappa shape index (κ2) is 64.6. The summed E-state index contributed by atoms with van der Waals surface area (Å²) in [6, 6.07) is 0. The standard InChI is InChI=1S/C6H8O3.3CO.Fe/c7-4-2-1-3-5-9-6-8;3*1-2;/h1-3,7H,4-5H2;;;;/q-1;;;;. The van der Waals surface area contributed by atoms with Crippen molar-refractivity contribution in [2.24, 2.45) is 0 Å². The average molecular weight is 268 g/mol. The van der Waals surface area contributed by atoms with Gasteiger partial charge in [0.2, 0.25) is 0 Å². The van der Waals surface area contributed by atoms with Crippen LogP contribution in [0.15, 0.2) is 0 Å². The molecular formula is C9H8FeO6-. The number of hydrogen-bond acceptors (Lipinski definition) is 3. The number of aliphatic hydroxyl groups excluding tert-OH is 1. The van der Waals surface area contributed by atoms with Gasteiger partial charge in [0, 0.05) is 23.7 Å². The van der Waals surface area contributed by atoms with Crippen molar-refractivity contribution in [3.8, 4) is 0 Å². The number of carbonyl (C=O) groups excluding carboxylic acids is 1. The summed E-state index contributed by atoms with van der Waals surface area (Å²) < 4.78 is 26.7. The fourth-order valence-corrected chi connectivity index (χ4v) is 0.295. The van der Waals surface area contributed by atoms with Crippen LogP contribution in [0, 0.1) is 39.2 Å². The molecule has 0 aromatic heterocycles. The Kier molecular flexibility index (Phi) is 119. The molecule has 0 saturated heterocycles. The van der Waals surface area contributed by atoms with E-state index in [9.17, 15) is 4.79 Å². The molecule has 7 heteroatoms. The number of rotatable bonds is 6. The van der Waals surface area contributed by atoms with Gasteiger partial charge in [0.15, 0.2) is 0 Å². The summed E-state index contributed by atoms with van der Waals surface area (Å²) >= 11 is 0. The average Bonchev–Trinajstić information content (AvgIpc) is 2.37. The normalized spacial score (nSPS) is 5.44. The van der Waals surface area contributed by atoms with E-state index < -0.39 is 0 Å². The molecule has 0 aliphatic heterocycles. The molecule has 3 radical (unpaired) electrons. The van der Waals surface area contributed by atoms with E-state index in [0.717, 1.165) is 0 Å². The zero-order valence-corrected chi connectivity index (χ0v) is 9.09.